The number of alkyl halides is 3. The van der Waals surface area contributed by atoms with Gasteiger partial charge in [0.1, 0.15) is 5.75 Å². The van der Waals surface area contributed by atoms with Crippen LogP contribution >= 0.6 is 11.8 Å². The lowest BCUT2D eigenvalue weighted by Gasteiger charge is -2.25. The molecule has 0 heterocycles. The van der Waals surface area contributed by atoms with Gasteiger partial charge in [0.25, 0.3) is 5.91 Å². The SMILES string of the molecule is COc1ccc(C(CNC(=O)c2ccc(SC(F)(F)F)cc2)N(C)C)cc1. The van der Waals surface area contributed by atoms with Crippen LogP contribution in [0.25, 0.3) is 0 Å². The van der Waals surface area contributed by atoms with E-state index in [4.69, 9.17) is 4.74 Å². The second-order valence-electron chi connectivity index (χ2n) is 6.03. The predicted molar refractivity (Wildman–Crippen MR) is 100 cm³/mol. The van der Waals surface area contributed by atoms with Crippen molar-refractivity contribution in [3.63, 3.8) is 0 Å². The first-order valence-electron chi connectivity index (χ1n) is 8.14. The van der Waals surface area contributed by atoms with Gasteiger partial charge in [0.05, 0.1) is 13.2 Å². The number of hydrogen-bond donors (Lipinski definition) is 1. The molecule has 0 aromatic heterocycles. The van der Waals surface area contributed by atoms with Gasteiger partial charge in [-0.2, -0.15) is 13.2 Å². The van der Waals surface area contributed by atoms with Crippen molar-refractivity contribution in [3.05, 3.63) is 59.7 Å². The molecule has 0 fully saturated rings. The average molecular weight is 398 g/mol. The quantitative estimate of drug-likeness (QED) is 0.705. The van der Waals surface area contributed by atoms with E-state index in [-0.39, 0.29) is 28.6 Å². The van der Waals surface area contributed by atoms with Crippen LogP contribution in [0.15, 0.2) is 53.4 Å². The van der Waals surface area contributed by atoms with E-state index in [0.29, 0.717) is 12.1 Å². The summed E-state index contributed by atoms with van der Waals surface area (Å²) in [5.74, 6) is 0.413. The van der Waals surface area contributed by atoms with Crippen LogP contribution in [0.4, 0.5) is 13.2 Å². The van der Waals surface area contributed by atoms with Gasteiger partial charge >= 0.3 is 5.51 Å². The summed E-state index contributed by atoms with van der Waals surface area (Å²) >= 11 is -0.205. The lowest BCUT2D eigenvalue weighted by molar-refractivity contribution is -0.0328. The maximum atomic E-state index is 12.4. The van der Waals surface area contributed by atoms with E-state index in [0.717, 1.165) is 11.3 Å². The normalized spacial score (nSPS) is 12.7. The number of hydrogen-bond acceptors (Lipinski definition) is 4. The number of methoxy groups -OCH3 is 1. The first-order valence-corrected chi connectivity index (χ1v) is 8.95. The van der Waals surface area contributed by atoms with E-state index >= 15 is 0 Å². The molecule has 1 unspecified atom stereocenters. The molecule has 0 saturated carbocycles. The number of nitrogens with zero attached hydrogens (tertiary/aromatic N) is 1. The third kappa shape index (κ3) is 6.48. The zero-order valence-electron chi connectivity index (χ0n) is 15.2. The maximum absolute atomic E-state index is 12.4. The van der Waals surface area contributed by atoms with E-state index in [2.05, 4.69) is 5.32 Å². The monoisotopic (exact) mass is 398 g/mol. The number of carbonyl (C=O) groups excluding carboxylic acids is 1. The van der Waals surface area contributed by atoms with E-state index in [1.165, 1.54) is 24.3 Å². The van der Waals surface area contributed by atoms with Gasteiger partial charge in [-0.05, 0) is 67.8 Å². The summed E-state index contributed by atoms with van der Waals surface area (Å²) < 4.78 is 42.2. The predicted octanol–water partition coefficient (Wildman–Crippen LogP) is 4.34. The number of carbonyl (C=O) groups is 1. The molecule has 8 heteroatoms. The molecule has 0 aliphatic carbocycles. The molecule has 27 heavy (non-hydrogen) atoms. The minimum absolute atomic E-state index is 0.0449. The van der Waals surface area contributed by atoms with Gasteiger partial charge < -0.3 is 15.0 Å². The van der Waals surface area contributed by atoms with Crippen molar-refractivity contribution < 1.29 is 22.7 Å². The maximum Gasteiger partial charge on any atom is 0.446 e. The number of thioether (sulfide) groups is 1. The zero-order valence-corrected chi connectivity index (χ0v) is 16.0. The fourth-order valence-corrected chi connectivity index (χ4v) is 3.06. The second-order valence-corrected chi connectivity index (χ2v) is 7.17. The zero-order chi connectivity index (χ0) is 20.0. The van der Waals surface area contributed by atoms with Crippen molar-refractivity contribution >= 4 is 17.7 Å². The molecule has 1 N–H and O–H groups in total. The van der Waals surface area contributed by atoms with Crippen molar-refractivity contribution in [2.75, 3.05) is 27.7 Å². The molecule has 0 bridgehead atoms. The fraction of sp³-hybridized carbons (Fsp3) is 0.316. The first-order chi connectivity index (χ1) is 12.7. The number of ether oxygens (including phenoxy) is 1. The van der Waals surface area contributed by atoms with Gasteiger partial charge in [0.2, 0.25) is 0 Å². The highest BCUT2D eigenvalue weighted by Crippen LogP contribution is 2.36. The van der Waals surface area contributed by atoms with Crippen LogP contribution in [0.3, 0.4) is 0 Å². The molecule has 0 aliphatic rings. The molecular weight excluding hydrogens is 377 g/mol. The molecule has 146 valence electrons. The largest absolute Gasteiger partial charge is 0.497 e. The minimum Gasteiger partial charge on any atom is -0.497 e. The van der Waals surface area contributed by atoms with Gasteiger partial charge in [-0.15, -0.1) is 0 Å². The summed E-state index contributed by atoms with van der Waals surface area (Å²) in [4.78, 5) is 14.3. The minimum atomic E-state index is -4.35. The van der Waals surface area contributed by atoms with Crippen LogP contribution in [-0.2, 0) is 0 Å². The summed E-state index contributed by atoms with van der Waals surface area (Å²) in [5.41, 5.74) is -3.02. The molecule has 0 spiro atoms. The van der Waals surface area contributed by atoms with E-state index < -0.39 is 5.51 Å². The number of nitrogens with one attached hydrogen (secondary N) is 1. The van der Waals surface area contributed by atoms with Crippen molar-refractivity contribution in [3.8, 4) is 5.75 Å². The molecule has 1 amide bonds. The van der Waals surface area contributed by atoms with E-state index in [1.807, 2.05) is 43.3 Å². The number of halogens is 3. The van der Waals surface area contributed by atoms with Crippen molar-refractivity contribution in [1.29, 1.82) is 0 Å². The Morgan fingerprint density at radius 1 is 1.11 bits per heavy atom. The number of benzene rings is 2. The highest BCUT2D eigenvalue weighted by molar-refractivity contribution is 8.00. The van der Waals surface area contributed by atoms with Gasteiger partial charge in [-0.3, -0.25) is 4.79 Å². The molecular formula is C19H21F3N2O2S. The van der Waals surface area contributed by atoms with Gasteiger partial charge in [-0.1, -0.05) is 12.1 Å². The highest BCUT2D eigenvalue weighted by atomic mass is 32.2. The van der Waals surface area contributed by atoms with Crippen LogP contribution in [-0.4, -0.2) is 44.1 Å². The van der Waals surface area contributed by atoms with Crippen molar-refractivity contribution in [1.82, 2.24) is 10.2 Å². The summed E-state index contributed by atoms with van der Waals surface area (Å²) in [6.07, 6.45) is 0. The number of likely N-dealkylation sites (N-methyl/N-ethyl adjacent to an activating group) is 1. The molecule has 2 rings (SSSR count). The summed E-state index contributed by atoms with van der Waals surface area (Å²) in [7, 11) is 5.41. The summed E-state index contributed by atoms with van der Waals surface area (Å²) in [6, 6.07) is 12.9. The van der Waals surface area contributed by atoms with Gasteiger partial charge in [0, 0.05) is 17.0 Å². The third-order valence-corrected chi connectivity index (χ3v) is 4.67. The van der Waals surface area contributed by atoms with E-state index in [1.54, 1.807) is 7.11 Å². The lowest BCUT2D eigenvalue weighted by Crippen LogP contribution is -2.34. The average Bonchev–Trinajstić information content (AvgIpc) is 2.61. The van der Waals surface area contributed by atoms with Gasteiger partial charge in [0.15, 0.2) is 0 Å². The smallest absolute Gasteiger partial charge is 0.446 e. The Bertz CT molecular complexity index is 747. The lowest BCUT2D eigenvalue weighted by atomic mass is 10.1. The Balaban J connectivity index is 2.00. The Kier molecular flexibility index (Phi) is 7.15. The van der Waals surface area contributed by atoms with Crippen LogP contribution in [0.5, 0.6) is 5.75 Å². The standard InChI is InChI=1S/C19H21F3N2O2S/c1-24(2)17(13-4-8-15(26-3)9-5-13)12-23-18(25)14-6-10-16(11-7-14)27-19(20,21)22/h4-11,17H,12H2,1-3H3,(H,23,25). The van der Waals surface area contributed by atoms with Crippen molar-refractivity contribution in [2.24, 2.45) is 0 Å². The summed E-state index contributed by atoms with van der Waals surface area (Å²) in [5, 5.41) is 2.83. The third-order valence-electron chi connectivity index (χ3n) is 3.93. The summed E-state index contributed by atoms with van der Waals surface area (Å²) in [6.45, 7) is 0.358. The Morgan fingerprint density at radius 3 is 2.19 bits per heavy atom. The topological polar surface area (TPSA) is 41.6 Å². The number of rotatable bonds is 7. The molecule has 2 aromatic carbocycles. The molecule has 2 aromatic rings. The first kappa shape index (κ1) is 21.1. The molecule has 4 nitrogen and oxygen atoms in total. The Hall–Kier alpha value is -2.19. The van der Waals surface area contributed by atoms with Crippen LogP contribution in [0.1, 0.15) is 22.0 Å². The van der Waals surface area contributed by atoms with Crippen molar-refractivity contribution in [2.45, 2.75) is 16.4 Å². The van der Waals surface area contributed by atoms with Crippen LogP contribution < -0.4 is 10.1 Å². The molecule has 0 aliphatic heterocycles. The van der Waals surface area contributed by atoms with Crippen LogP contribution in [0.2, 0.25) is 0 Å². The van der Waals surface area contributed by atoms with E-state index in [9.17, 15) is 18.0 Å². The number of amides is 1. The Labute approximate surface area is 160 Å². The van der Waals surface area contributed by atoms with Gasteiger partial charge in [-0.25, -0.2) is 0 Å². The highest BCUT2D eigenvalue weighted by Gasteiger charge is 2.29. The molecule has 1 atom stereocenters. The second kappa shape index (κ2) is 9.14. The Morgan fingerprint density at radius 2 is 1.70 bits per heavy atom. The fourth-order valence-electron chi connectivity index (χ4n) is 2.52. The molecule has 0 radical (unpaired) electrons. The van der Waals surface area contributed by atoms with Crippen LogP contribution in [0, 0.1) is 0 Å². The molecule has 0 saturated heterocycles.